The van der Waals surface area contributed by atoms with Gasteiger partial charge < -0.3 is 0 Å². The summed E-state index contributed by atoms with van der Waals surface area (Å²) in [5.74, 6) is 1.74. The maximum Gasteiger partial charge on any atom is 0.238 e. The zero-order valence-corrected chi connectivity index (χ0v) is 36.5. The first kappa shape index (κ1) is 39.6. The molecule has 0 N–H and O–H groups in total. The SMILES string of the molecule is c1ccc(-c2cc(-c3ccccc3)cc(-c3cccc(-c4nc(-c5cccc(-c6cc(-c7ccccc7)cc(-c7ccccc7)c6)c5)nc(-n5c6ccccc6c6ccccc65)n4)c3)c2)cc1. The van der Waals surface area contributed by atoms with Gasteiger partial charge in [-0.05, 0) is 127 Å². The molecule has 314 valence electrons. The first-order chi connectivity index (χ1) is 33.2. The van der Waals surface area contributed by atoms with Gasteiger partial charge in [0.05, 0.1) is 11.0 Å². The molecule has 0 aliphatic carbocycles. The molecule has 0 unspecified atom stereocenters. The minimum absolute atomic E-state index is 0.558. The molecule has 0 aliphatic heterocycles. The van der Waals surface area contributed by atoms with E-state index in [9.17, 15) is 0 Å². The predicted molar refractivity (Wildman–Crippen MR) is 278 cm³/mol. The summed E-state index contributed by atoms with van der Waals surface area (Å²) in [6, 6.07) is 90.2. The van der Waals surface area contributed by atoms with Crippen LogP contribution < -0.4 is 0 Å². The lowest BCUT2D eigenvalue weighted by Crippen LogP contribution is -2.06. The molecule has 12 rings (SSSR count). The highest BCUT2D eigenvalue weighted by Crippen LogP contribution is 2.38. The van der Waals surface area contributed by atoms with Crippen molar-refractivity contribution in [2.75, 3.05) is 0 Å². The van der Waals surface area contributed by atoms with E-state index in [-0.39, 0.29) is 0 Å². The van der Waals surface area contributed by atoms with Crippen LogP contribution >= 0.6 is 0 Å². The molecule has 0 bridgehead atoms. The lowest BCUT2D eigenvalue weighted by Gasteiger charge is -2.14. The van der Waals surface area contributed by atoms with Crippen molar-refractivity contribution < 1.29 is 0 Å². The molecule has 0 saturated heterocycles. The molecule has 2 aromatic heterocycles. The van der Waals surface area contributed by atoms with Crippen LogP contribution in [0.2, 0.25) is 0 Å². The van der Waals surface area contributed by atoms with Crippen LogP contribution in [-0.4, -0.2) is 19.5 Å². The van der Waals surface area contributed by atoms with Crippen LogP contribution in [-0.2, 0) is 0 Å². The second-order valence-corrected chi connectivity index (χ2v) is 16.9. The Bertz CT molecular complexity index is 3370. The Kier molecular flexibility index (Phi) is 10.2. The van der Waals surface area contributed by atoms with E-state index < -0.39 is 0 Å². The van der Waals surface area contributed by atoms with E-state index in [1.807, 2.05) is 0 Å². The molecule has 0 atom stereocenters. The number of fused-ring (bicyclic) bond motifs is 3. The van der Waals surface area contributed by atoms with Gasteiger partial charge in [0.2, 0.25) is 5.95 Å². The van der Waals surface area contributed by atoms with E-state index in [4.69, 9.17) is 15.0 Å². The molecule has 0 aliphatic rings. The highest BCUT2D eigenvalue weighted by molar-refractivity contribution is 6.09. The normalized spacial score (nSPS) is 11.3. The third-order valence-electron chi connectivity index (χ3n) is 12.6. The number of benzene rings is 10. The fourth-order valence-electron chi connectivity index (χ4n) is 9.31. The minimum atomic E-state index is 0.558. The van der Waals surface area contributed by atoms with Crippen LogP contribution in [0.15, 0.2) is 255 Å². The zero-order chi connectivity index (χ0) is 44.5. The maximum atomic E-state index is 5.35. The Morgan fingerprint density at radius 2 is 0.478 bits per heavy atom. The van der Waals surface area contributed by atoms with E-state index in [1.54, 1.807) is 0 Å². The maximum absolute atomic E-state index is 5.35. The van der Waals surface area contributed by atoms with Crippen molar-refractivity contribution >= 4 is 21.8 Å². The molecule has 12 aromatic rings. The molecule has 0 saturated carbocycles. The molecule has 0 fully saturated rings. The lowest BCUT2D eigenvalue weighted by atomic mass is 9.92. The molecular weight excluding hydrogens is 813 g/mol. The molecular formula is C63H42N4. The van der Waals surface area contributed by atoms with Gasteiger partial charge >= 0.3 is 0 Å². The fourth-order valence-corrected chi connectivity index (χ4v) is 9.31. The molecule has 10 aromatic carbocycles. The van der Waals surface area contributed by atoms with Gasteiger partial charge in [-0.15, -0.1) is 0 Å². The molecule has 2 heterocycles. The number of hydrogen-bond acceptors (Lipinski definition) is 3. The van der Waals surface area contributed by atoms with Crippen LogP contribution in [0, 0.1) is 0 Å². The topological polar surface area (TPSA) is 43.6 Å². The first-order valence-electron chi connectivity index (χ1n) is 22.7. The monoisotopic (exact) mass is 854 g/mol. The number of para-hydroxylation sites is 2. The number of hydrogen-bond donors (Lipinski definition) is 0. The van der Waals surface area contributed by atoms with Gasteiger partial charge in [0.1, 0.15) is 0 Å². The van der Waals surface area contributed by atoms with Crippen molar-refractivity contribution in [3.05, 3.63) is 255 Å². The molecule has 0 amide bonds. The Hall–Kier alpha value is -8.99. The van der Waals surface area contributed by atoms with Crippen molar-refractivity contribution in [2.45, 2.75) is 0 Å². The summed E-state index contributed by atoms with van der Waals surface area (Å²) >= 11 is 0. The Labute approximate surface area is 389 Å². The summed E-state index contributed by atoms with van der Waals surface area (Å²) in [4.78, 5) is 16.0. The van der Waals surface area contributed by atoms with E-state index in [2.05, 4.69) is 259 Å². The quantitative estimate of drug-likeness (QED) is 0.145. The summed E-state index contributed by atoms with van der Waals surface area (Å²) in [5, 5.41) is 2.29. The van der Waals surface area contributed by atoms with Crippen molar-refractivity contribution in [2.24, 2.45) is 0 Å². The van der Waals surface area contributed by atoms with Gasteiger partial charge in [-0.1, -0.05) is 194 Å². The number of rotatable bonds is 9. The third kappa shape index (κ3) is 7.77. The molecule has 0 spiro atoms. The van der Waals surface area contributed by atoms with Crippen LogP contribution in [0.3, 0.4) is 0 Å². The second-order valence-electron chi connectivity index (χ2n) is 16.9. The van der Waals surface area contributed by atoms with Gasteiger partial charge in [-0.2, -0.15) is 9.97 Å². The van der Waals surface area contributed by atoms with Crippen LogP contribution in [0.25, 0.3) is 117 Å². The van der Waals surface area contributed by atoms with E-state index in [1.165, 1.54) is 22.3 Å². The number of nitrogens with zero attached hydrogens (tertiary/aromatic N) is 4. The van der Waals surface area contributed by atoms with Crippen molar-refractivity contribution in [3.8, 4) is 95.5 Å². The molecule has 0 radical (unpaired) electrons. The van der Waals surface area contributed by atoms with E-state index in [0.717, 1.165) is 77.4 Å². The fraction of sp³-hybridized carbons (Fsp3) is 0. The number of aromatic nitrogens is 4. The van der Waals surface area contributed by atoms with E-state index >= 15 is 0 Å². The van der Waals surface area contributed by atoms with Gasteiger partial charge in [0.25, 0.3) is 0 Å². The predicted octanol–water partition coefficient (Wildman–Crippen LogP) is 16.3. The van der Waals surface area contributed by atoms with Crippen LogP contribution in [0.1, 0.15) is 0 Å². The van der Waals surface area contributed by atoms with Gasteiger partial charge in [-0.3, -0.25) is 4.57 Å². The molecule has 4 nitrogen and oxygen atoms in total. The zero-order valence-electron chi connectivity index (χ0n) is 36.5. The van der Waals surface area contributed by atoms with Crippen LogP contribution in [0.4, 0.5) is 0 Å². The molecule has 67 heavy (non-hydrogen) atoms. The Balaban J connectivity index is 1.03. The summed E-state index contributed by atoms with van der Waals surface area (Å²) in [5.41, 5.74) is 17.5. The first-order valence-corrected chi connectivity index (χ1v) is 22.7. The molecule has 4 heteroatoms. The van der Waals surface area contributed by atoms with Gasteiger partial charge in [0.15, 0.2) is 11.6 Å². The highest BCUT2D eigenvalue weighted by atomic mass is 15.2. The summed E-state index contributed by atoms with van der Waals surface area (Å²) in [6.07, 6.45) is 0. The summed E-state index contributed by atoms with van der Waals surface area (Å²) in [7, 11) is 0. The second kappa shape index (κ2) is 17.2. The Morgan fingerprint density at radius 3 is 0.836 bits per heavy atom. The highest BCUT2D eigenvalue weighted by Gasteiger charge is 2.19. The lowest BCUT2D eigenvalue weighted by molar-refractivity contribution is 0.953. The van der Waals surface area contributed by atoms with E-state index in [0.29, 0.717) is 17.6 Å². The van der Waals surface area contributed by atoms with Crippen LogP contribution in [0.5, 0.6) is 0 Å². The average molecular weight is 855 g/mol. The van der Waals surface area contributed by atoms with Gasteiger partial charge in [0, 0.05) is 21.9 Å². The van der Waals surface area contributed by atoms with Crippen molar-refractivity contribution in [1.82, 2.24) is 19.5 Å². The smallest absolute Gasteiger partial charge is 0.238 e. The van der Waals surface area contributed by atoms with Crippen molar-refractivity contribution in [3.63, 3.8) is 0 Å². The standard InChI is InChI=1S/C63H42N4/c1-5-19-43(20-6-1)51-37-52(44-21-7-2-8-22-44)40-55(39-51)47-27-17-29-49(35-47)61-64-62(66-63(65-61)67-59-33-15-13-31-57(59)58-32-14-16-34-60(58)67)50-30-18-28-48(36-50)56-41-53(45-23-9-3-10-24-45)38-54(42-56)46-25-11-4-12-26-46/h1-42H. The minimum Gasteiger partial charge on any atom is -0.278 e. The summed E-state index contributed by atoms with van der Waals surface area (Å²) in [6.45, 7) is 0. The Morgan fingerprint density at radius 1 is 0.209 bits per heavy atom. The largest absolute Gasteiger partial charge is 0.278 e. The van der Waals surface area contributed by atoms with Gasteiger partial charge in [-0.25, -0.2) is 4.98 Å². The average Bonchev–Trinajstić information content (AvgIpc) is 3.76. The summed E-state index contributed by atoms with van der Waals surface area (Å²) < 4.78 is 2.18. The third-order valence-corrected chi connectivity index (χ3v) is 12.6. The van der Waals surface area contributed by atoms with Crippen molar-refractivity contribution in [1.29, 1.82) is 0 Å².